The molecular weight excluding hydrogens is 278 g/mol. The third-order valence-corrected chi connectivity index (χ3v) is 2.95. The van der Waals surface area contributed by atoms with Crippen LogP contribution in [0.1, 0.15) is 5.56 Å². The molecule has 0 aliphatic carbocycles. The van der Waals surface area contributed by atoms with E-state index >= 15 is 0 Å². The van der Waals surface area contributed by atoms with Gasteiger partial charge in [0.1, 0.15) is 11.3 Å². The molecule has 106 valence electrons. The average molecular weight is 293 g/mol. The Morgan fingerprint density at radius 1 is 1.40 bits per heavy atom. The number of hydrogen-bond acceptors (Lipinski definition) is 5. The van der Waals surface area contributed by atoms with Crippen LogP contribution < -0.4 is 15.7 Å². The maximum Gasteiger partial charge on any atom is 0.336 e. The van der Waals surface area contributed by atoms with E-state index in [0.717, 1.165) is 10.9 Å². The lowest BCUT2D eigenvalue weighted by Crippen LogP contribution is -2.30. The number of aryl methyl sites for hydroxylation is 1. The highest BCUT2D eigenvalue weighted by Crippen LogP contribution is 2.22. The standard InChI is InChI=1S/C14H15NO4S/c1-9-6-14(17)19-12-7-10(2-3-11(9)12)18-8-13(16)15-4-5-20/h2-3,6-7,20H,4-5,8H2,1H3,(H,15,16). The van der Waals surface area contributed by atoms with E-state index in [-0.39, 0.29) is 12.5 Å². The van der Waals surface area contributed by atoms with Crippen LogP contribution in [0.4, 0.5) is 0 Å². The largest absolute Gasteiger partial charge is 0.484 e. The van der Waals surface area contributed by atoms with Gasteiger partial charge in [-0.15, -0.1) is 0 Å². The van der Waals surface area contributed by atoms with Crippen molar-refractivity contribution < 1.29 is 13.9 Å². The van der Waals surface area contributed by atoms with Crippen LogP contribution in [0.25, 0.3) is 11.0 Å². The number of amides is 1. The number of carbonyl (C=O) groups is 1. The summed E-state index contributed by atoms with van der Waals surface area (Å²) in [5.41, 5.74) is 0.885. The molecule has 0 bridgehead atoms. The molecule has 20 heavy (non-hydrogen) atoms. The molecule has 0 saturated carbocycles. The van der Waals surface area contributed by atoms with Gasteiger partial charge in [-0.05, 0) is 24.6 Å². The molecule has 0 spiro atoms. The van der Waals surface area contributed by atoms with E-state index < -0.39 is 5.63 Å². The number of rotatable bonds is 5. The fourth-order valence-corrected chi connectivity index (χ4v) is 1.90. The van der Waals surface area contributed by atoms with Crippen LogP contribution in [0.15, 0.2) is 33.5 Å². The summed E-state index contributed by atoms with van der Waals surface area (Å²) in [6.07, 6.45) is 0. The highest BCUT2D eigenvalue weighted by atomic mass is 32.1. The van der Waals surface area contributed by atoms with Crippen molar-refractivity contribution in [2.75, 3.05) is 18.9 Å². The Morgan fingerprint density at radius 3 is 2.95 bits per heavy atom. The highest BCUT2D eigenvalue weighted by Gasteiger charge is 2.06. The minimum atomic E-state index is -0.404. The summed E-state index contributed by atoms with van der Waals surface area (Å²) in [5, 5.41) is 3.49. The fraction of sp³-hybridized carbons (Fsp3) is 0.286. The Kier molecular flexibility index (Phi) is 4.68. The van der Waals surface area contributed by atoms with Crippen molar-refractivity contribution in [1.29, 1.82) is 0 Å². The normalized spacial score (nSPS) is 10.5. The third-order valence-electron chi connectivity index (χ3n) is 2.73. The van der Waals surface area contributed by atoms with Gasteiger partial charge < -0.3 is 14.5 Å². The molecule has 1 heterocycles. The first-order valence-corrected chi connectivity index (χ1v) is 6.78. The van der Waals surface area contributed by atoms with Gasteiger partial charge in [0.15, 0.2) is 6.61 Å². The van der Waals surface area contributed by atoms with Crippen molar-refractivity contribution in [1.82, 2.24) is 5.32 Å². The molecule has 1 N–H and O–H groups in total. The van der Waals surface area contributed by atoms with Crippen molar-refractivity contribution in [3.8, 4) is 5.75 Å². The second-order valence-corrected chi connectivity index (χ2v) is 4.72. The van der Waals surface area contributed by atoms with E-state index in [1.165, 1.54) is 6.07 Å². The van der Waals surface area contributed by atoms with Gasteiger partial charge in [-0.2, -0.15) is 12.6 Å². The quantitative estimate of drug-likeness (QED) is 0.648. The van der Waals surface area contributed by atoms with Crippen molar-refractivity contribution >= 4 is 29.5 Å². The molecule has 0 radical (unpaired) electrons. The SMILES string of the molecule is Cc1cc(=O)oc2cc(OCC(=O)NCCS)ccc12. The van der Waals surface area contributed by atoms with Crippen LogP contribution in [0, 0.1) is 6.92 Å². The summed E-state index contributed by atoms with van der Waals surface area (Å²) in [4.78, 5) is 22.7. The monoisotopic (exact) mass is 293 g/mol. The Labute approximate surface area is 121 Å². The first kappa shape index (κ1) is 14.5. The number of thiol groups is 1. The molecule has 0 saturated heterocycles. The molecule has 1 aromatic carbocycles. The number of fused-ring (bicyclic) bond motifs is 1. The zero-order valence-corrected chi connectivity index (χ0v) is 11.9. The second kappa shape index (κ2) is 6.47. The molecule has 2 rings (SSSR count). The molecule has 1 amide bonds. The molecule has 0 unspecified atom stereocenters. The van der Waals surface area contributed by atoms with Crippen molar-refractivity contribution in [2.45, 2.75) is 6.92 Å². The first-order valence-electron chi connectivity index (χ1n) is 6.15. The van der Waals surface area contributed by atoms with Crippen LogP contribution >= 0.6 is 12.6 Å². The minimum Gasteiger partial charge on any atom is -0.484 e. The van der Waals surface area contributed by atoms with Crippen LogP contribution in [-0.4, -0.2) is 24.8 Å². The molecule has 2 aromatic rings. The molecule has 0 aliphatic heterocycles. The summed E-state index contributed by atoms with van der Waals surface area (Å²) >= 11 is 4.00. The second-order valence-electron chi connectivity index (χ2n) is 4.27. The van der Waals surface area contributed by atoms with Crippen LogP contribution in [0.5, 0.6) is 5.75 Å². The van der Waals surface area contributed by atoms with Gasteiger partial charge in [-0.25, -0.2) is 4.79 Å². The predicted molar refractivity (Wildman–Crippen MR) is 79.6 cm³/mol. The fourth-order valence-electron chi connectivity index (χ4n) is 1.79. The van der Waals surface area contributed by atoms with Gasteiger partial charge in [0, 0.05) is 29.8 Å². The zero-order chi connectivity index (χ0) is 14.5. The van der Waals surface area contributed by atoms with Gasteiger partial charge in [-0.3, -0.25) is 4.79 Å². The lowest BCUT2D eigenvalue weighted by atomic mass is 10.1. The predicted octanol–water partition coefficient (Wildman–Crippen LogP) is 1.53. The first-order chi connectivity index (χ1) is 9.60. The van der Waals surface area contributed by atoms with E-state index in [4.69, 9.17) is 9.15 Å². The summed E-state index contributed by atoms with van der Waals surface area (Å²) in [7, 11) is 0. The van der Waals surface area contributed by atoms with Gasteiger partial charge >= 0.3 is 5.63 Å². The minimum absolute atomic E-state index is 0.0880. The van der Waals surface area contributed by atoms with E-state index in [1.54, 1.807) is 18.2 Å². The molecule has 0 aliphatic rings. The van der Waals surface area contributed by atoms with E-state index in [0.29, 0.717) is 23.6 Å². The van der Waals surface area contributed by atoms with Gasteiger partial charge in [-0.1, -0.05) is 0 Å². The summed E-state index contributed by atoms with van der Waals surface area (Å²) < 4.78 is 10.5. The highest BCUT2D eigenvalue weighted by molar-refractivity contribution is 7.80. The Hall–Kier alpha value is -1.95. The average Bonchev–Trinajstić information content (AvgIpc) is 2.42. The lowest BCUT2D eigenvalue weighted by Gasteiger charge is -2.07. The summed E-state index contributed by atoms with van der Waals surface area (Å²) in [5.74, 6) is 0.837. The van der Waals surface area contributed by atoms with Gasteiger partial charge in [0.25, 0.3) is 5.91 Å². The summed E-state index contributed by atoms with van der Waals surface area (Å²) in [6, 6.07) is 6.58. The Morgan fingerprint density at radius 2 is 2.20 bits per heavy atom. The molecule has 0 atom stereocenters. The third kappa shape index (κ3) is 3.54. The van der Waals surface area contributed by atoms with E-state index in [9.17, 15) is 9.59 Å². The smallest absolute Gasteiger partial charge is 0.336 e. The topological polar surface area (TPSA) is 68.5 Å². The van der Waals surface area contributed by atoms with Crippen LogP contribution in [0.2, 0.25) is 0 Å². The van der Waals surface area contributed by atoms with Crippen LogP contribution in [-0.2, 0) is 4.79 Å². The number of benzene rings is 1. The Bertz CT molecular complexity index is 680. The van der Waals surface area contributed by atoms with Crippen molar-refractivity contribution in [3.63, 3.8) is 0 Å². The molecule has 6 heteroatoms. The molecule has 0 fully saturated rings. The zero-order valence-electron chi connectivity index (χ0n) is 11.0. The van der Waals surface area contributed by atoms with Gasteiger partial charge in [0.05, 0.1) is 0 Å². The number of carbonyl (C=O) groups excluding carboxylic acids is 1. The van der Waals surface area contributed by atoms with Crippen LogP contribution in [0.3, 0.4) is 0 Å². The van der Waals surface area contributed by atoms with Crippen molar-refractivity contribution in [3.05, 3.63) is 40.2 Å². The molecule has 5 nitrogen and oxygen atoms in total. The van der Waals surface area contributed by atoms with Crippen molar-refractivity contribution in [2.24, 2.45) is 0 Å². The number of nitrogens with one attached hydrogen (secondary N) is 1. The maximum absolute atomic E-state index is 11.4. The van der Waals surface area contributed by atoms with E-state index in [2.05, 4.69) is 17.9 Å². The molecule has 1 aromatic heterocycles. The summed E-state index contributed by atoms with van der Waals surface area (Å²) in [6.45, 7) is 2.25. The van der Waals surface area contributed by atoms with Gasteiger partial charge in [0.2, 0.25) is 0 Å². The Balaban J connectivity index is 2.12. The lowest BCUT2D eigenvalue weighted by molar-refractivity contribution is -0.122. The number of hydrogen-bond donors (Lipinski definition) is 2. The van der Waals surface area contributed by atoms with E-state index in [1.807, 2.05) is 6.92 Å². The number of ether oxygens (including phenoxy) is 1. The maximum atomic E-state index is 11.4. The molecular formula is C14H15NO4S.